The van der Waals surface area contributed by atoms with E-state index >= 15 is 0 Å². The summed E-state index contributed by atoms with van der Waals surface area (Å²) in [4.78, 5) is 24.3. The number of carbonyl (C=O) groups excluding carboxylic acids is 2. The number of carbonyl (C=O) groups is 2. The van der Waals surface area contributed by atoms with E-state index in [0.717, 1.165) is 12.1 Å². The molecular formula is C17H13F2N3O2. The highest BCUT2D eigenvalue weighted by molar-refractivity contribution is 6.44. The monoisotopic (exact) mass is 329 g/mol. The van der Waals surface area contributed by atoms with Gasteiger partial charge in [-0.05, 0) is 24.3 Å². The van der Waals surface area contributed by atoms with E-state index in [1.165, 1.54) is 11.1 Å². The molecule has 0 radical (unpaired) electrons. The van der Waals surface area contributed by atoms with Crippen molar-refractivity contribution in [3.8, 4) is 0 Å². The van der Waals surface area contributed by atoms with Gasteiger partial charge in [-0.3, -0.25) is 9.59 Å². The maximum atomic E-state index is 13.2. The molecule has 0 atom stereocenters. The number of hydrogen-bond acceptors (Lipinski definition) is 3. The lowest BCUT2D eigenvalue weighted by Crippen LogP contribution is -2.36. The quantitative estimate of drug-likeness (QED) is 0.940. The predicted molar refractivity (Wildman–Crippen MR) is 85.6 cm³/mol. The number of nitrogens with zero attached hydrogens (tertiary/aromatic N) is 2. The van der Waals surface area contributed by atoms with E-state index in [4.69, 9.17) is 0 Å². The topological polar surface area (TPSA) is 61.8 Å². The molecule has 0 aliphatic carbocycles. The number of hydrogen-bond donors (Lipinski definition) is 1. The molecule has 1 aliphatic heterocycles. The van der Waals surface area contributed by atoms with Gasteiger partial charge in [0.05, 0.1) is 5.69 Å². The number of halogens is 2. The third-order valence-corrected chi connectivity index (χ3v) is 3.47. The first kappa shape index (κ1) is 15.8. The molecule has 2 aromatic rings. The summed E-state index contributed by atoms with van der Waals surface area (Å²) in [5.41, 5.74) is 0.813. The second-order valence-corrected chi connectivity index (χ2v) is 5.17. The van der Waals surface area contributed by atoms with Crippen molar-refractivity contribution in [3.05, 3.63) is 60.2 Å². The van der Waals surface area contributed by atoms with Gasteiger partial charge in [-0.2, -0.15) is 5.10 Å². The van der Waals surface area contributed by atoms with Crippen molar-refractivity contribution in [1.82, 2.24) is 0 Å². The third-order valence-electron chi connectivity index (χ3n) is 3.47. The number of anilines is 2. The zero-order valence-corrected chi connectivity index (χ0v) is 12.5. The summed E-state index contributed by atoms with van der Waals surface area (Å²) >= 11 is 0. The summed E-state index contributed by atoms with van der Waals surface area (Å²) in [5, 5.41) is 7.71. The number of nitrogens with one attached hydrogen (secondary N) is 1. The van der Waals surface area contributed by atoms with Crippen LogP contribution in [0.2, 0.25) is 0 Å². The van der Waals surface area contributed by atoms with Gasteiger partial charge in [0.2, 0.25) is 5.91 Å². The van der Waals surface area contributed by atoms with E-state index in [1.807, 2.05) is 0 Å². The van der Waals surface area contributed by atoms with Crippen LogP contribution in [0.15, 0.2) is 53.6 Å². The van der Waals surface area contributed by atoms with Crippen LogP contribution in [-0.2, 0) is 9.59 Å². The standard InChI is InChI=1S/C17H13F2N3O2/c18-13-7-6-11(10-14(13)19)20-17(24)15-8-9-16(23)22(21-15)12-4-2-1-3-5-12/h1-7,10H,8-9H2,(H,20,24). The van der Waals surface area contributed by atoms with Crippen LogP contribution in [0.3, 0.4) is 0 Å². The van der Waals surface area contributed by atoms with Crippen LogP contribution >= 0.6 is 0 Å². The highest BCUT2D eigenvalue weighted by Gasteiger charge is 2.25. The van der Waals surface area contributed by atoms with E-state index in [2.05, 4.69) is 10.4 Å². The smallest absolute Gasteiger partial charge is 0.271 e. The summed E-state index contributed by atoms with van der Waals surface area (Å²) in [6, 6.07) is 11.8. The van der Waals surface area contributed by atoms with E-state index in [9.17, 15) is 18.4 Å². The number of rotatable bonds is 3. The Balaban J connectivity index is 1.81. The van der Waals surface area contributed by atoms with Gasteiger partial charge in [0.1, 0.15) is 5.71 Å². The lowest BCUT2D eigenvalue weighted by Gasteiger charge is -2.23. The molecule has 1 N–H and O–H groups in total. The van der Waals surface area contributed by atoms with Crippen molar-refractivity contribution < 1.29 is 18.4 Å². The highest BCUT2D eigenvalue weighted by Crippen LogP contribution is 2.20. The van der Waals surface area contributed by atoms with Crippen LogP contribution in [0.4, 0.5) is 20.2 Å². The van der Waals surface area contributed by atoms with E-state index in [0.29, 0.717) is 5.69 Å². The van der Waals surface area contributed by atoms with Crippen LogP contribution < -0.4 is 10.3 Å². The van der Waals surface area contributed by atoms with Crippen LogP contribution in [0.25, 0.3) is 0 Å². The molecule has 1 aliphatic rings. The summed E-state index contributed by atoms with van der Waals surface area (Å²) in [6.07, 6.45) is 0.316. The van der Waals surface area contributed by atoms with Gasteiger partial charge < -0.3 is 5.32 Å². The van der Waals surface area contributed by atoms with Gasteiger partial charge in [-0.1, -0.05) is 18.2 Å². The molecule has 122 valence electrons. The van der Waals surface area contributed by atoms with E-state index in [1.54, 1.807) is 30.3 Å². The number of benzene rings is 2. The Morgan fingerprint density at radius 1 is 1.04 bits per heavy atom. The fraction of sp³-hybridized carbons (Fsp3) is 0.118. The Morgan fingerprint density at radius 3 is 2.50 bits per heavy atom. The first-order valence-corrected chi connectivity index (χ1v) is 7.26. The molecule has 7 heteroatoms. The molecule has 3 rings (SSSR count). The van der Waals surface area contributed by atoms with Gasteiger partial charge in [0, 0.05) is 24.6 Å². The summed E-state index contributed by atoms with van der Waals surface area (Å²) in [6.45, 7) is 0. The molecule has 2 amide bonds. The minimum absolute atomic E-state index is 0.116. The fourth-order valence-corrected chi connectivity index (χ4v) is 2.26. The number of amides is 2. The third kappa shape index (κ3) is 3.29. The van der Waals surface area contributed by atoms with Gasteiger partial charge in [0.15, 0.2) is 11.6 Å². The normalized spacial score (nSPS) is 14.3. The van der Waals surface area contributed by atoms with Crippen molar-refractivity contribution >= 4 is 28.9 Å². The lowest BCUT2D eigenvalue weighted by atomic mass is 10.1. The zero-order chi connectivity index (χ0) is 17.1. The van der Waals surface area contributed by atoms with Gasteiger partial charge >= 0.3 is 0 Å². The first-order chi connectivity index (χ1) is 11.5. The van der Waals surface area contributed by atoms with Gasteiger partial charge in [0.25, 0.3) is 5.91 Å². The van der Waals surface area contributed by atoms with Crippen molar-refractivity contribution in [2.45, 2.75) is 12.8 Å². The fourth-order valence-electron chi connectivity index (χ4n) is 2.26. The molecule has 0 saturated heterocycles. The molecule has 0 aromatic heterocycles. The van der Waals surface area contributed by atoms with Gasteiger partial charge in [-0.25, -0.2) is 13.8 Å². The highest BCUT2D eigenvalue weighted by atomic mass is 19.2. The van der Waals surface area contributed by atoms with Gasteiger partial charge in [-0.15, -0.1) is 0 Å². The summed E-state index contributed by atoms with van der Waals surface area (Å²) in [5.74, 6) is -2.83. The SMILES string of the molecule is O=C(Nc1ccc(F)c(F)c1)C1=NN(c2ccccc2)C(=O)CC1. The second kappa shape index (κ2) is 6.57. The van der Waals surface area contributed by atoms with Crippen LogP contribution in [0.1, 0.15) is 12.8 Å². The molecule has 0 unspecified atom stereocenters. The van der Waals surface area contributed by atoms with Crippen molar-refractivity contribution in [2.75, 3.05) is 10.3 Å². The minimum atomic E-state index is -1.06. The molecule has 0 spiro atoms. The molecule has 5 nitrogen and oxygen atoms in total. The maximum Gasteiger partial charge on any atom is 0.271 e. The van der Waals surface area contributed by atoms with Crippen molar-refractivity contribution in [1.29, 1.82) is 0 Å². The Bertz CT molecular complexity index is 822. The molecular weight excluding hydrogens is 316 g/mol. The Hall–Kier alpha value is -3.09. The van der Waals surface area contributed by atoms with E-state index < -0.39 is 17.5 Å². The van der Waals surface area contributed by atoms with Crippen molar-refractivity contribution in [3.63, 3.8) is 0 Å². The summed E-state index contributed by atoms with van der Waals surface area (Å²) in [7, 11) is 0. The predicted octanol–water partition coefficient (Wildman–Crippen LogP) is 3.09. The molecule has 0 bridgehead atoms. The average Bonchev–Trinajstić information content (AvgIpc) is 2.59. The molecule has 2 aromatic carbocycles. The lowest BCUT2D eigenvalue weighted by molar-refractivity contribution is -0.118. The van der Waals surface area contributed by atoms with Crippen molar-refractivity contribution in [2.24, 2.45) is 5.10 Å². The Morgan fingerprint density at radius 2 is 1.79 bits per heavy atom. The van der Waals surface area contributed by atoms with Crippen LogP contribution in [-0.4, -0.2) is 17.5 Å². The number of hydrazone groups is 1. The second-order valence-electron chi connectivity index (χ2n) is 5.17. The first-order valence-electron chi connectivity index (χ1n) is 7.26. The molecule has 0 saturated carbocycles. The largest absolute Gasteiger partial charge is 0.321 e. The average molecular weight is 329 g/mol. The summed E-state index contributed by atoms with van der Waals surface area (Å²) < 4.78 is 26.1. The zero-order valence-electron chi connectivity index (χ0n) is 12.5. The van der Waals surface area contributed by atoms with Crippen LogP contribution in [0, 0.1) is 11.6 Å². The van der Waals surface area contributed by atoms with E-state index in [-0.39, 0.29) is 30.1 Å². The Kier molecular flexibility index (Phi) is 4.33. The molecule has 1 heterocycles. The molecule has 0 fully saturated rings. The maximum absolute atomic E-state index is 13.2. The minimum Gasteiger partial charge on any atom is -0.321 e. The number of para-hydroxylation sites is 1. The Labute approximate surface area is 136 Å². The van der Waals surface area contributed by atoms with Crippen LogP contribution in [0.5, 0.6) is 0 Å². The molecule has 24 heavy (non-hydrogen) atoms.